The number of carboxylic acids is 1. The molecule has 9 nitrogen and oxygen atoms in total. The largest absolute Gasteiger partial charge is 0.497 e. The number of ether oxygens (including phenoxy) is 1. The number of carbonyl (C=O) groups is 1. The fourth-order valence-electron chi connectivity index (χ4n) is 5.96. The number of aromatic nitrogens is 4. The zero-order chi connectivity index (χ0) is 33.8. The van der Waals surface area contributed by atoms with Gasteiger partial charge in [0.1, 0.15) is 5.75 Å². The van der Waals surface area contributed by atoms with E-state index in [4.69, 9.17) is 24.6 Å². The molecule has 0 aliphatic carbocycles. The number of aliphatic carboxylic acids is 1. The third kappa shape index (κ3) is 7.08. The van der Waals surface area contributed by atoms with E-state index in [-0.39, 0.29) is 11.7 Å². The van der Waals surface area contributed by atoms with Gasteiger partial charge in [-0.3, -0.25) is 9.47 Å². The maximum absolute atomic E-state index is 12.7. The number of benzene rings is 4. The normalized spacial score (nSPS) is 14.1. The number of likely N-dealkylation sites (tertiary alicyclic amines) is 1. The molecule has 0 spiro atoms. The highest BCUT2D eigenvalue weighted by molar-refractivity contribution is 5.87. The van der Waals surface area contributed by atoms with Crippen LogP contribution in [0.25, 0.3) is 44.6 Å². The summed E-state index contributed by atoms with van der Waals surface area (Å²) in [4.78, 5) is 37.1. The zero-order valence-corrected chi connectivity index (χ0v) is 25.9. The van der Waals surface area contributed by atoms with Crippen molar-refractivity contribution in [1.29, 1.82) is 0 Å². The highest BCUT2D eigenvalue weighted by Crippen LogP contribution is 2.33. The molecule has 0 radical (unpaired) electrons. The summed E-state index contributed by atoms with van der Waals surface area (Å²) in [6.45, 7) is 2.79. The molecule has 1 aliphatic heterocycles. The Bertz CT molecular complexity index is 2100. The van der Waals surface area contributed by atoms with Crippen molar-refractivity contribution in [1.82, 2.24) is 24.4 Å². The first kappa shape index (κ1) is 32.5. The van der Waals surface area contributed by atoms with E-state index in [9.17, 15) is 18.0 Å². The third-order valence-electron chi connectivity index (χ3n) is 8.34. The van der Waals surface area contributed by atoms with Crippen molar-refractivity contribution in [2.24, 2.45) is 0 Å². The fraction of sp³-hybridized carbons (Fsp3) is 0.222. The van der Waals surface area contributed by atoms with Gasteiger partial charge in [0, 0.05) is 42.9 Å². The number of carboxylic acid groups (broad SMARTS) is 1. The first-order valence-corrected chi connectivity index (χ1v) is 15.3. The number of alkyl halides is 3. The third-order valence-corrected chi connectivity index (χ3v) is 8.34. The van der Waals surface area contributed by atoms with Crippen LogP contribution < -0.4 is 10.4 Å². The summed E-state index contributed by atoms with van der Waals surface area (Å²) in [6, 6.07) is 32.9. The minimum atomic E-state index is -5.08. The molecule has 1 saturated heterocycles. The van der Waals surface area contributed by atoms with Gasteiger partial charge in [0.2, 0.25) is 0 Å². The number of hydrogen-bond acceptors (Lipinski definition) is 6. The monoisotopic (exact) mass is 655 g/mol. The number of aromatic amines is 1. The van der Waals surface area contributed by atoms with Crippen molar-refractivity contribution in [3.8, 4) is 28.3 Å². The molecule has 0 amide bonds. The van der Waals surface area contributed by atoms with E-state index >= 15 is 0 Å². The molecule has 1 fully saturated rings. The maximum atomic E-state index is 12.7. The number of halogens is 3. The van der Waals surface area contributed by atoms with Crippen molar-refractivity contribution < 1.29 is 27.8 Å². The predicted octanol–water partition coefficient (Wildman–Crippen LogP) is 7.09. The lowest BCUT2D eigenvalue weighted by Crippen LogP contribution is -2.36. The first-order chi connectivity index (χ1) is 23.1. The van der Waals surface area contributed by atoms with Crippen LogP contribution in [0, 0.1) is 0 Å². The minimum Gasteiger partial charge on any atom is -0.497 e. The van der Waals surface area contributed by atoms with Crippen molar-refractivity contribution >= 4 is 28.0 Å². The van der Waals surface area contributed by atoms with Gasteiger partial charge in [0.05, 0.1) is 40.6 Å². The second kappa shape index (κ2) is 13.7. The molecule has 1 aliphatic rings. The molecule has 3 heterocycles. The SMILES string of the molecule is COc1ccc2nc(-c3ccc(CN4CCC(n5c(=O)[nH]c6ccccc65)CC4)cc3)c(-c3ccccc3)nc2c1.O=C(O)C(F)(F)F. The number of nitrogens with one attached hydrogen (secondary N) is 1. The molecule has 2 N–H and O–H groups in total. The molecule has 0 atom stereocenters. The van der Waals surface area contributed by atoms with Crippen LogP contribution in [0.2, 0.25) is 0 Å². The molecule has 6 aromatic rings. The fourth-order valence-corrected chi connectivity index (χ4v) is 5.96. The molecular formula is C36H32F3N5O4. The van der Waals surface area contributed by atoms with Gasteiger partial charge in [-0.15, -0.1) is 0 Å². The number of methoxy groups -OCH3 is 1. The molecule has 2 aromatic heterocycles. The number of rotatable bonds is 6. The number of para-hydroxylation sites is 2. The molecule has 7 rings (SSSR count). The molecule has 0 bridgehead atoms. The smallest absolute Gasteiger partial charge is 0.490 e. The van der Waals surface area contributed by atoms with E-state index < -0.39 is 12.1 Å². The lowest BCUT2D eigenvalue weighted by molar-refractivity contribution is -0.192. The molecule has 48 heavy (non-hydrogen) atoms. The van der Waals surface area contributed by atoms with Gasteiger partial charge < -0.3 is 14.8 Å². The number of piperidine rings is 1. The van der Waals surface area contributed by atoms with Crippen LogP contribution in [-0.4, -0.2) is 61.9 Å². The van der Waals surface area contributed by atoms with E-state index in [1.807, 2.05) is 65.2 Å². The lowest BCUT2D eigenvalue weighted by Gasteiger charge is -2.32. The second-order valence-electron chi connectivity index (χ2n) is 11.5. The van der Waals surface area contributed by atoms with Crippen molar-refractivity contribution in [3.05, 3.63) is 113 Å². The van der Waals surface area contributed by atoms with Gasteiger partial charge in [0.15, 0.2) is 0 Å². The summed E-state index contributed by atoms with van der Waals surface area (Å²) in [6.07, 6.45) is -3.17. The first-order valence-electron chi connectivity index (χ1n) is 15.3. The van der Waals surface area contributed by atoms with Crippen LogP contribution >= 0.6 is 0 Å². The number of fused-ring (bicyclic) bond motifs is 2. The van der Waals surface area contributed by atoms with Gasteiger partial charge in [-0.05, 0) is 42.7 Å². The summed E-state index contributed by atoms with van der Waals surface area (Å²) in [5.74, 6) is -1.99. The van der Waals surface area contributed by atoms with Crippen LogP contribution in [0.5, 0.6) is 5.75 Å². The number of nitrogens with zero attached hydrogens (tertiary/aromatic N) is 4. The highest BCUT2D eigenvalue weighted by Gasteiger charge is 2.38. The molecule has 12 heteroatoms. The van der Waals surface area contributed by atoms with Crippen molar-refractivity contribution in [2.45, 2.75) is 31.6 Å². The Labute approximate surface area is 273 Å². The minimum absolute atomic E-state index is 0.00830. The molecule has 4 aromatic carbocycles. The predicted molar refractivity (Wildman–Crippen MR) is 177 cm³/mol. The number of H-pyrrole nitrogens is 1. The van der Waals surface area contributed by atoms with Crippen LogP contribution in [0.4, 0.5) is 13.2 Å². The Hall–Kier alpha value is -5.49. The average Bonchev–Trinajstić information content (AvgIpc) is 3.44. The Kier molecular flexibility index (Phi) is 9.26. The van der Waals surface area contributed by atoms with Crippen LogP contribution in [0.1, 0.15) is 24.4 Å². The average molecular weight is 656 g/mol. The summed E-state index contributed by atoms with van der Waals surface area (Å²) >= 11 is 0. The highest BCUT2D eigenvalue weighted by atomic mass is 19.4. The summed E-state index contributed by atoms with van der Waals surface area (Å²) < 4.78 is 39.1. The Morgan fingerprint density at radius 2 is 1.48 bits per heavy atom. The van der Waals surface area contributed by atoms with E-state index in [0.29, 0.717) is 0 Å². The molecular weight excluding hydrogens is 623 g/mol. The molecule has 246 valence electrons. The molecule has 0 saturated carbocycles. The molecule has 0 unspecified atom stereocenters. The summed E-state index contributed by atoms with van der Waals surface area (Å²) in [5, 5.41) is 7.12. The van der Waals surface area contributed by atoms with E-state index in [1.165, 1.54) is 5.56 Å². The van der Waals surface area contributed by atoms with Gasteiger partial charge in [-0.1, -0.05) is 66.7 Å². The second-order valence-corrected chi connectivity index (χ2v) is 11.5. The Morgan fingerprint density at radius 1 is 0.875 bits per heavy atom. The van der Waals surface area contributed by atoms with Crippen LogP contribution in [0.3, 0.4) is 0 Å². The maximum Gasteiger partial charge on any atom is 0.490 e. The Morgan fingerprint density at radius 3 is 2.12 bits per heavy atom. The summed E-state index contributed by atoms with van der Waals surface area (Å²) in [7, 11) is 1.66. The van der Waals surface area contributed by atoms with Crippen LogP contribution in [0.15, 0.2) is 102 Å². The Balaban J connectivity index is 0.000000519. The van der Waals surface area contributed by atoms with Crippen molar-refractivity contribution in [3.63, 3.8) is 0 Å². The number of imidazole rings is 1. The van der Waals surface area contributed by atoms with Gasteiger partial charge >= 0.3 is 17.8 Å². The van der Waals surface area contributed by atoms with Crippen LogP contribution in [-0.2, 0) is 11.3 Å². The summed E-state index contributed by atoms with van der Waals surface area (Å²) in [5.41, 5.74) is 8.59. The van der Waals surface area contributed by atoms with Gasteiger partial charge in [0.25, 0.3) is 0 Å². The zero-order valence-electron chi connectivity index (χ0n) is 25.9. The van der Waals surface area contributed by atoms with Gasteiger partial charge in [-0.2, -0.15) is 13.2 Å². The number of hydrogen-bond donors (Lipinski definition) is 2. The standard InChI is InChI=1S/C34H31N5O2.C2HF3O2/c1-41-27-15-16-28-30(21-27)36-32(24-7-3-2-4-8-24)33(35-28)25-13-11-23(12-14-25)22-38-19-17-26(18-20-38)39-31-10-6-5-9-29(31)37-34(39)40;3-2(4,5)1(6)7/h2-16,21,26H,17-20,22H2,1H3,(H,37,40);(H,6,7). The van der Waals surface area contributed by atoms with Crippen molar-refractivity contribution in [2.75, 3.05) is 20.2 Å². The van der Waals surface area contributed by atoms with Gasteiger partial charge in [-0.25, -0.2) is 19.6 Å². The van der Waals surface area contributed by atoms with E-state index in [1.54, 1.807) is 7.11 Å². The quantitative estimate of drug-likeness (QED) is 0.197. The lowest BCUT2D eigenvalue weighted by atomic mass is 10.0. The van der Waals surface area contributed by atoms with E-state index in [2.05, 4.69) is 46.3 Å². The topological polar surface area (TPSA) is 113 Å². The van der Waals surface area contributed by atoms with E-state index in [0.717, 1.165) is 82.8 Å².